The SMILES string of the molecule is CCC1CCC(N(C)c2nc3c(s2)CCCC3N)CC1. The van der Waals surface area contributed by atoms with E-state index in [1.54, 1.807) is 0 Å². The van der Waals surface area contributed by atoms with Gasteiger partial charge < -0.3 is 10.6 Å². The van der Waals surface area contributed by atoms with Crippen LogP contribution in [-0.2, 0) is 6.42 Å². The standard InChI is InChI=1S/C16H27N3S/c1-3-11-7-9-12(10-8-11)19(2)16-18-15-13(17)5-4-6-14(15)20-16/h11-13H,3-10,17H2,1-2H3. The fourth-order valence-electron chi connectivity index (χ4n) is 3.69. The van der Waals surface area contributed by atoms with E-state index in [9.17, 15) is 0 Å². The molecule has 1 saturated carbocycles. The lowest BCUT2D eigenvalue weighted by atomic mass is 9.84. The maximum Gasteiger partial charge on any atom is 0.185 e. The molecule has 0 bridgehead atoms. The molecule has 1 aromatic rings. The van der Waals surface area contributed by atoms with Crippen molar-refractivity contribution in [1.82, 2.24) is 4.98 Å². The number of hydrogen-bond acceptors (Lipinski definition) is 4. The second-order valence-electron chi connectivity index (χ2n) is 6.50. The van der Waals surface area contributed by atoms with Crippen molar-refractivity contribution in [2.45, 2.75) is 70.4 Å². The Morgan fingerprint density at radius 2 is 2.00 bits per heavy atom. The number of aromatic nitrogens is 1. The van der Waals surface area contributed by atoms with Crippen LogP contribution in [0.5, 0.6) is 0 Å². The van der Waals surface area contributed by atoms with Crippen LogP contribution in [-0.4, -0.2) is 18.1 Å². The molecule has 20 heavy (non-hydrogen) atoms. The number of thiazole rings is 1. The molecule has 0 aliphatic heterocycles. The number of hydrogen-bond donors (Lipinski definition) is 1. The Bertz CT molecular complexity index is 449. The highest BCUT2D eigenvalue weighted by Crippen LogP contribution is 2.38. The van der Waals surface area contributed by atoms with Crippen molar-refractivity contribution in [3.63, 3.8) is 0 Å². The minimum atomic E-state index is 0.174. The lowest BCUT2D eigenvalue weighted by Crippen LogP contribution is -2.35. The first-order valence-corrected chi connectivity index (χ1v) is 8.98. The van der Waals surface area contributed by atoms with Crippen LogP contribution in [0.25, 0.3) is 0 Å². The quantitative estimate of drug-likeness (QED) is 0.919. The van der Waals surface area contributed by atoms with E-state index in [2.05, 4.69) is 18.9 Å². The van der Waals surface area contributed by atoms with Gasteiger partial charge in [-0.2, -0.15) is 0 Å². The highest BCUT2D eigenvalue weighted by Gasteiger charge is 2.27. The Morgan fingerprint density at radius 1 is 1.25 bits per heavy atom. The molecule has 4 heteroatoms. The van der Waals surface area contributed by atoms with Gasteiger partial charge in [-0.1, -0.05) is 13.3 Å². The predicted molar refractivity (Wildman–Crippen MR) is 86.4 cm³/mol. The van der Waals surface area contributed by atoms with Gasteiger partial charge in [0.2, 0.25) is 0 Å². The van der Waals surface area contributed by atoms with Crippen LogP contribution in [0.15, 0.2) is 0 Å². The first-order valence-electron chi connectivity index (χ1n) is 8.17. The van der Waals surface area contributed by atoms with Crippen LogP contribution >= 0.6 is 11.3 Å². The van der Waals surface area contributed by atoms with Gasteiger partial charge in [-0.25, -0.2) is 4.98 Å². The molecule has 1 aromatic heterocycles. The second-order valence-corrected chi connectivity index (χ2v) is 7.56. The molecule has 112 valence electrons. The Balaban J connectivity index is 1.70. The zero-order valence-electron chi connectivity index (χ0n) is 12.8. The number of rotatable bonds is 3. The number of anilines is 1. The van der Waals surface area contributed by atoms with Crippen molar-refractivity contribution >= 4 is 16.5 Å². The molecule has 2 N–H and O–H groups in total. The lowest BCUT2D eigenvalue weighted by Gasteiger charge is -2.34. The molecular weight excluding hydrogens is 266 g/mol. The molecule has 1 atom stereocenters. The van der Waals surface area contributed by atoms with Gasteiger partial charge in [0.1, 0.15) is 0 Å². The third-order valence-corrected chi connectivity index (χ3v) is 6.45. The van der Waals surface area contributed by atoms with Crippen LogP contribution in [0, 0.1) is 5.92 Å². The monoisotopic (exact) mass is 293 g/mol. The van der Waals surface area contributed by atoms with Gasteiger partial charge in [0.15, 0.2) is 5.13 Å². The number of nitrogens with two attached hydrogens (primary N) is 1. The topological polar surface area (TPSA) is 42.2 Å². The summed E-state index contributed by atoms with van der Waals surface area (Å²) in [6.07, 6.45) is 10.3. The zero-order chi connectivity index (χ0) is 14.1. The van der Waals surface area contributed by atoms with Crippen molar-refractivity contribution in [3.05, 3.63) is 10.6 Å². The molecule has 0 radical (unpaired) electrons. The summed E-state index contributed by atoms with van der Waals surface area (Å²) in [6.45, 7) is 2.32. The summed E-state index contributed by atoms with van der Waals surface area (Å²) >= 11 is 1.88. The second kappa shape index (κ2) is 6.02. The molecule has 0 amide bonds. The largest absolute Gasteiger partial charge is 0.348 e. The van der Waals surface area contributed by atoms with Crippen LogP contribution in [0.4, 0.5) is 5.13 Å². The lowest BCUT2D eigenvalue weighted by molar-refractivity contribution is 0.313. The third kappa shape index (κ3) is 2.73. The van der Waals surface area contributed by atoms with Gasteiger partial charge in [0.05, 0.1) is 5.69 Å². The molecule has 0 aromatic carbocycles. The Hall–Kier alpha value is -0.610. The van der Waals surface area contributed by atoms with E-state index in [1.807, 2.05) is 11.3 Å². The molecule has 3 rings (SSSR count). The maximum absolute atomic E-state index is 6.20. The van der Waals surface area contributed by atoms with E-state index < -0.39 is 0 Å². The predicted octanol–water partition coefficient (Wildman–Crippen LogP) is 3.88. The van der Waals surface area contributed by atoms with Crippen molar-refractivity contribution < 1.29 is 0 Å². The fraction of sp³-hybridized carbons (Fsp3) is 0.812. The van der Waals surface area contributed by atoms with Crippen LogP contribution < -0.4 is 10.6 Å². The molecular formula is C16H27N3S. The van der Waals surface area contributed by atoms with Crippen LogP contribution in [0.2, 0.25) is 0 Å². The molecule has 1 unspecified atom stereocenters. The first-order chi connectivity index (χ1) is 9.69. The van der Waals surface area contributed by atoms with Gasteiger partial charge in [0.25, 0.3) is 0 Å². The van der Waals surface area contributed by atoms with Gasteiger partial charge in [0, 0.05) is 24.0 Å². The zero-order valence-corrected chi connectivity index (χ0v) is 13.6. The van der Waals surface area contributed by atoms with E-state index in [4.69, 9.17) is 10.7 Å². The number of fused-ring (bicyclic) bond motifs is 1. The molecule has 1 heterocycles. The van der Waals surface area contributed by atoms with Gasteiger partial charge in [-0.3, -0.25) is 0 Å². The summed E-state index contributed by atoms with van der Waals surface area (Å²) in [4.78, 5) is 8.74. The summed E-state index contributed by atoms with van der Waals surface area (Å²) in [5.41, 5.74) is 7.39. The summed E-state index contributed by atoms with van der Waals surface area (Å²) in [7, 11) is 2.23. The molecule has 1 fully saturated rings. The normalized spacial score (nSPS) is 30.1. The van der Waals surface area contributed by atoms with Crippen LogP contribution in [0.1, 0.15) is 68.5 Å². The van der Waals surface area contributed by atoms with Crippen molar-refractivity contribution in [3.8, 4) is 0 Å². The van der Waals surface area contributed by atoms with Crippen LogP contribution in [0.3, 0.4) is 0 Å². The number of nitrogens with zero attached hydrogens (tertiary/aromatic N) is 2. The summed E-state index contributed by atoms with van der Waals surface area (Å²) in [5, 5.41) is 1.20. The van der Waals surface area contributed by atoms with Gasteiger partial charge >= 0.3 is 0 Å². The van der Waals surface area contributed by atoms with E-state index >= 15 is 0 Å². The average molecular weight is 293 g/mol. The minimum absolute atomic E-state index is 0.174. The highest BCUT2D eigenvalue weighted by molar-refractivity contribution is 7.15. The summed E-state index contributed by atoms with van der Waals surface area (Å²) in [5.74, 6) is 0.956. The summed E-state index contributed by atoms with van der Waals surface area (Å²) in [6, 6.07) is 0.856. The minimum Gasteiger partial charge on any atom is -0.348 e. The first kappa shape index (κ1) is 14.3. The fourth-order valence-corrected chi connectivity index (χ4v) is 4.89. The van der Waals surface area contributed by atoms with Gasteiger partial charge in [-0.05, 0) is 50.9 Å². The van der Waals surface area contributed by atoms with E-state index in [1.165, 1.54) is 60.6 Å². The van der Waals surface area contributed by atoms with E-state index in [-0.39, 0.29) is 6.04 Å². The van der Waals surface area contributed by atoms with Crippen molar-refractivity contribution in [2.75, 3.05) is 11.9 Å². The smallest absolute Gasteiger partial charge is 0.185 e. The molecule has 3 nitrogen and oxygen atoms in total. The Kier molecular flexibility index (Phi) is 4.32. The molecule has 2 aliphatic carbocycles. The third-order valence-electron chi connectivity index (χ3n) is 5.23. The molecule has 2 aliphatic rings. The van der Waals surface area contributed by atoms with Gasteiger partial charge in [-0.15, -0.1) is 11.3 Å². The molecule has 0 spiro atoms. The van der Waals surface area contributed by atoms with E-state index in [0.29, 0.717) is 6.04 Å². The van der Waals surface area contributed by atoms with E-state index in [0.717, 1.165) is 12.3 Å². The van der Waals surface area contributed by atoms with Crippen molar-refractivity contribution in [1.29, 1.82) is 0 Å². The average Bonchev–Trinajstić information content (AvgIpc) is 2.92. The number of aryl methyl sites for hydroxylation is 1. The molecule has 0 saturated heterocycles. The van der Waals surface area contributed by atoms with Crippen molar-refractivity contribution in [2.24, 2.45) is 11.7 Å². The highest BCUT2D eigenvalue weighted by atomic mass is 32.1. The Labute approximate surface area is 126 Å². The Morgan fingerprint density at radius 3 is 2.65 bits per heavy atom. The maximum atomic E-state index is 6.20. The summed E-state index contributed by atoms with van der Waals surface area (Å²) < 4.78 is 0.